The molecule has 0 bridgehead atoms. The summed E-state index contributed by atoms with van der Waals surface area (Å²) >= 11 is 0. The van der Waals surface area contributed by atoms with Crippen molar-refractivity contribution in [1.82, 2.24) is 10.2 Å². The fraction of sp³-hybridized carbons (Fsp3) is 0.412. The molecule has 0 aromatic heterocycles. The lowest BCUT2D eigenvalue weighted by Gasteiger charge is -2.34. The first kappa shape index (κ1) is 32.1. The van der Waals surface area contributed by atoms with E-state index >= 15 is 0 Å². The van der Waals surface area contributed by atoms with E-state index in [4.69, 9.17) is 4.74 Å². The van der Waals surface area contributed by atoms with Gasteiger partial charge in [0, 0.05) is 12.6 Å². The first-order chi connectivity index (χ1) is 20.5. The molecule has 0 spiro atoms. The monoisotopic (exact) mass is 605 g/mol. The highest BCUT2D eigenvalue weighted by Crippen LogP contribution is 2.34. The van der Waals surface area contributed by atoms with E-state index in [1.807, 2.05) is 58.0 Å². The lowest BCUT2D eigenvalue weighted by Crippen LogP contribution is -2.53. The van der Waals surface area contributed by atoms with Gasteiger partial charge in [-0.1, -0.05) is 73.4 Å². The molecule has 3 aromatic rings. The number of carbonyl (C=O) groups is 2. The zero-order chi connectivity index (χ0) is 31.1. The predicted octanol–water partition coefficient (Wildman–Crippen LogP) is 5.68. The Hall–Kier alpha value is -3.85. The van der Waals surface area contributed by atoms with Crippen LogP contribution in [0.25, 0.3) is 0 Å². The summed E-state index contributed by atoms with van der Waals surface area (Å²) in [5, 5.41) is 3.15. The van der Waals surface area contributed by atoms with Gasteiger partial charge in [0.05, 0.1) is 17.7 Å². The maximum Gasteiger partial charge on any atom is 0.264 e. The fourth-order valence-corrected chi connectivity index (χ4v) is 6.94. The Morgan fingerprint density at radius 3 is 2.07 bits per heavy atom. The number of amides is 2. The smallest absolute Gasteiger partial charge is 0.264 e. The van der Waals surface area contributed by atoms with Gasteiger partial charge in [0.15, 0.2) is 0 Å². The molecule has 0 heterocycles. The average Bonchev–Trinajstić information content (AvgIpc) is 3.50. The van der Waals surface area contributed by atoms with Gasteiger partial charge in [-0.2, -0.15) is 0 Å². The van der Waals surface area contributed by atoms with Gasteiger partial charge < -0.3 is 15.0 Å². The third-order valence-corrected chi connectivity index (χ3v) is 9.83. The van der Waals surface area contributed by atoms with E-state index in [2.05, 4.69) is 5.32 Å². The molecule has 4 rings (SSSR count). The highest BCUT2D eigenvalue weighted by atomic mass is 32.2. The summed E-state index contributed by atoms with van der Waals surface area (Å²) in [6.07, 6.45) is 4.36. The lowest BCUT2D eigenvalue weighted by atomic mass is 10.1. The second-order valence-electron chi connectivity index (χ2n) is 11.4. The van der Waals surface area contributed by atoms with Crippen LogP contribution in [-0.4, -0.2) is 50.9 Å². The molecule has 1 aliphatic rings. The standard InChI is InChI=1S/C34H43N3O5S/c1-6-30(34(39)35-28-9-7-8-10-28)36(22-27-16-11-24(2)12-17-27)33(38)23-37(31-21-26(4)15-20-32(31)42-5)43(40,41)29-18-13-25(3)14-19-29/h11-21,28,30H,6-10,22-23H2,1-5H3,(H,35,39). The number of methoxy groups -OCH3 is 1. The van der Waals surface area contributed by atoms with Gasteiger partial charge >= 0.3 is 0 Å². The molecule has 1 unspecified atom stereocenters. The molecule has 1 aliphatic carbocycles. The summed E-state index contributed by atoms with van der Waals surface area (Å²) in [6.45, 7) is 7.25. The predicted molar refractivity (Wildman–Crippen MR) is 170 cm³/mol. The molecule has 0 radical (unpaired) electrons. The number of sulfonamides is 1. The first-order valence-corrected chi connectivity index (χ1v) is 16.4. The zero-order valence-electron chi connectivity index (χ0n) is 25.8. The number of carbonyl (C=O) groups excluding carboxylic acids is 2. The van der Waals surface area contributed by atoms with Crippen LogP contribution in [0.5, 0.6) is 5.75 Å². The molecule has 2 amide bonds. The Morgan fingerprint density at radius 1 is 0.907 bits per heavy atom. The third-order valence-electron chi connectivity index (χ3n) is 8.05. The normalized spacial score (nSPS) is 14.3. The molecular formula is C34H43N3O5S. The van der Waals surface area contributed by atoms with Crippen LogP contribution in [0.2, 0.25) is 0 Å². The topological polar surface area (TPSA) is 96.0 Å². The van der Waals surface area contributed by atoms with Gasteiger partial charge in [-0.25, -0.2) is 8.42 Å². The van der Waals surface area contributed by atoms with Crippen LogP contribution in [0.4, 0.5) is 5.69 Å². The van der Waals surface area contributed by atoms with Crippen molar-refractivity contribution in [2.24, 2.45) is 0 Å². The minimum absolute atomic E-state index is 0.0607. The van der Waals surface area contributed by atoms with Crippen LogP contribution >= 0.6 is 0 Å². The lowest BCUT2D eigenvalue weighted by molar-refractivity contribution is -0.140. The third kappa shape index (κ3) is 7.76. The van der Waals surface area contributed by atoms with Crippen molar-refractivity contribution in [3.8, 4) is 5.75 Å². The van der Waals surface area contributed by atoms with Gasteiger partial charge in [0.25, 0.3) is 10.0 Å². The summed E-state index contributed by atoms with van der Waals surface area (Å²) in [7, 11) is -2.72. The molecular weight excluding hydrogens is 562 g/mol. The van der Waals surface area contributed by atoms with Crippen molar-refractivity contribution in [2.75, 3.05) is 18.0 Å². The van der Waals surface area contributed by atoms with E-state index in [9.17, 15) is 18.0 Å². The summed E-state index contributed by atoms with van der Waals surface area (Å²) in [5.41, 5.74) is 3.92. The molecule has 8 nitrogen and oxygen atoms in total. The Morgan fingerprint density at radius 2 is 1.49 bits per heavy atom. The number of hydrogen-bond acceptors (Lipinski definition) is 5. The van der Waals surface area contributed by atoms with Gasteiger partial charge in [0.2, 0.25) is 11.8 Å². The molecule has 9 heteroatoms. The van der Waals surface area contributed by atoms with Crippen molar-refractivity contribution in [3.63, 3.8) is 0 Å². The van der Waals surface area contributed by atoms with Crippen molar-refractivity contribution in [1.29, 1.82) is 0 Å². The molecule has 230 valence electrons. The van der Waals surface area contributed by atoms with Gasteiger partial charge in [-0.3, -0.25) is 13.9 Å². The number of benzene rings is 3. The Labute approximate surface area is 256 Å². The molecule has 0 aliphatic heterocycles. The van der Waals surface area contributed by atoms with E-state index < -0.39 is 28.5 Å². The van der Waals surface area contributed by atoms with Gasteiger partial charge in [-0.15, -0.1) is 0 Å². The number of hydrogen-bond donors (Lipinski definition) is 1. The van der Waals surface area contributed by atoms with Crippen molar-refractivity contribution in [3.05, 3.63) is 89.0 Å². The van der Waals surface area contributed by atoms with Crippen LogP contribution in [0.1, 0.15) is 61.3 Å². The number of ether oxygens (including phenoxy) is 1. The van der Waals surface area contributed by atoms with E-state index in [0.29, 0.717) is 12.2 Å². The summed E-state index contributed by atoms with van der Waals surface area (Å²) in [6, 6.07) is 18.9. The van der Waals surface area contributed by atoms with Crippen LogP contribution in [0.15, 0.2) is 71.6 Å². The minimum Gasteiger partial charge on any atom is -0.495 e. The highest BCUT2D eigenvalue weighted by Gasteiger charge is 2.35. The van der Waals surface area contributed by atoms with Gasteiger partial charge in [-0.05, 0) is 75.4 Å². The average molecular weight is 606 g/mol. The number of aryl methyl sites for hydroxylation is 3. The van der Waals surface area contributed by atoms with Crippen LogP contribution in [0, 0.1) is 20.8 Å². The van der Waals surface area contributed by atoms with E-state index in [1.54, 1.807) is 36.4 Å². The molecule has 1 saturated carbocycles. The fourth-order valence-electron chi connectivity index (χ4n) is 5.52. The van der Waals surface area contributed by atoms with E-state index in [1.165, 1.54) is 12.0 Å². The van der Waals surface area contributed by atoms with Gasteiger partial charge in [0.1, 0.15) is 18.3 Å². The summed E-state index contributed by atoms with van der Waals surface area (Å²) in [5.74, 6) is -0.366. The number of nitrogens with zero attached hydrogens (tertiary/aromatic N) is 2. The SMILES string of the molecule is CCC(C(=O)NC1CCCC1)N(Cc1ccc(C)cc1)C(=O)CN(c1cc(C)ccc1OC)S(=O)(=O)c1ccc(C)cc1. The number of rotatable bonds is 12. The Bertz CT molecular complexity index is 1510. The van der Waals surface area contributed by atoms with Crippen LogP contribution < -0.4 is 14.4 Å². The van der Waals surface area contributed by atoms with Crippen LogP contribution in [-0.2, 0) is 26.2 Å². The molecule has 1 N–H and O–H groups in total. The largest absolute Gasteiger partial charge is 0.495 e. The molecule has 43 heavy (non-hydrogen) atoms. The van der Waals surface area contributed by atoms with Crippen molar-refractivity contribution >= 4 is 27.5 Å². The molecule has 0 saturated heterocycles. The van der Waals surface area contributed by atoms with E-state index in [-0.39, 0.29) is 29.1 Å². The maximum atomic E-state index is 14.4. The Kier molecular flexibility index (Phi) is 10.5. The second kappa shape index (κ2) is 14.1. The highest BCUT2D eigenvalue weighted by molar-refractivity contribution is 7.92. The Balaban J connectivity index is 1.76. The van der Waals surface area contributed by atoms with Crippen LogP contribution in [0.3, 0.4) is 0 Å². The minimum atomic E-state index is -4.19. The van der Waals surface area contributed by atoms with Crippen molar-refractivity contribution < 1.29 is 22.7 Å². The second-order valence-corrected chi connectivity index (χ2v) is 13.3. The van der Waals surface area contributed by atoms with E-state index in [0.717, 1.165) is 52.2 Å². The maximum absolute atomic E-state index is 14.4. The van der Waals surface area contributed by atoms with Crippen molar-refractivity contribution in [2.45, 2.75) is 83.3 Å². The molecule has 3 aromatic carbocycles. The first-order valence-electron chi connectivity index (χ1n) is 14.9. The molecule has 1 atom stereocenters. The summed E-state index contributed by atoms with van der Waals surface area (Å²) < 4.78 is 35.1. The number of nitrogens with one attached hydrogen (secondary N) is 1. The molecule has 1 fully saturated rings. The zero-order valence-corrected chi connectivity index (χ0v) is 26.6. The summed E-state index contributed by atoms with van der Waals surface area (Å²) in [4.78, 5) is 29.6. The quantitative estimate of drug-likeness (QED) is 0.287. The number of anilines is 1.